The fraction of sp³-hybridized carbons (Fsp3) is 0.263. The number of benzene rings is 2. The first-order valence-corrected chi connectivity index (χ1v) is 7.87. The summed E-state index contributed by atoms with van der Waals surface area (Å²) in [6, 6.07) is 13.7. The molecule has 1 amide bonds. The lowest BCUT2D eigenvalue weighted by atomic mass is 10.0. The SMILES string of the molecule is CCC(=O)Nc1ccc2oc(-c3ccc(C(C)C)cc3)nc2c1. The van der Waals surface area contributed by atoms with Gasteiger partial charge in [0.1, 0.15) is 5.52 Å². The van der Waals surface area contributed by atoms with Crippen molar-refractivity contribution in [1.29, 1.82) is 0 Å². The summed E-state index contributed by atoms with van der Waals surface area (Å²) in [5.41, 5.74) is 4.42. The smallest absolute Gasteiger partial charge is 0.227 e. The van der Waals surface area contributed by atoms with Gasteiger partial charge in [-0.25, -0.2) is 4.98 Å². The van der Waals surface area contributed by atoms with Crippen LogP contribution in [0.5, 0.6) is 0 Å². The van der Waals surface area contributed by atoms with E-state index in [9.17, 15) is 4.79 Å². The number of hydrogen-bond donors (Lipinski definition) is 1. The zero-order chi connectivity index (χ0) is 16.4. The fourth-order valence-corrected chi connectivity index (χ4v) is 2.39. The van der Waals surface area contributed by atoms with Gasteiger partial charge in [-0.2, -0.15) is 0 Å². The van der Waals surface area contributed by atoms with Crippen LogP contribution in [0.1, 0.15) is 38.7 Å². The second-order valence-corrected chi connectivity index (χ2v) is 5.88. The van der Waals surface area contributed by atoms with Crippen LogP contribution in [0.3, 0.4) is 0 Å². The molecule has 4 heteroatoms. The van der Waals surface area contributed by atoms with Gasteiger partial charge in [-0.15, -0.1) is 0 Å². The van der Waals surface area contributed by atoms with E-state index in [4.69, 9.17) is 4.42 Å². The highest BCUT2D eigenvalue weighted by Gasteiger charge is 2.10. The van der Waals surface area contributed by atoms with Crippen LogP contribution in [0.4, 0.5) is 5.69 Å². The van der Waals surface area contributed by atoms with Crippen molar-refractivity contribution in [3.8, 4) is 11.5 Å². The maximum atomic E-state index is 11.5. The summed E-state index contributed by atoms with van der Waals surface area (Å²) in [6.45, 7) is 6.16. The van der Waals surface area contributed by atoms with E-state index >= 15 is 0 Å². The summed E-state index contributed by atoms with van der Waals surface area (Å²) in [5.74, 6) is 1.07. The summed E-state index contributed by atoms with van der Waals surface area (Å²) in [4.78, 5) is 16.0. The number of hydrogen-bond acceptors (Lipinski definition) is 3. The summed E-state index contributed by atoms with van der Waals surface area (Å²) in [6.07, 6.45) is 0.449. The summed E-state index contributed by atoms with van der Waals surface area (Å²) >= 11 is 0. The first-order chi connectivity index (χ1) is 11.1. The molecule has 0 fully saturated rings. The molecule has 0 atom stereocenters. The van der Waals surface area contributed by atoms with Crippen molar-refractivity contribution < 1.29 is 9.21 Å². The highest BCUT2D eigenvalue weighted by atomic mass is 16.3. The molecule has 0 unspecified atom stereocenters. The molecule has 0 aliphatic rings. The highest BCUT2D eigenvalue weighted by Crippen LogP contribution is 2.27. The summed E-state index contributed by atoms with van der Waals surface area (Å²) in [5, 5.41) is 2.83. The number of nitrogens with one attached hydrogen (secondary N) is 1. The maximum absolute atomic E-state index is 11.5. The van der Waals surface area contributed by atoms with Gasteiger partial charge < -0.3 is 9.73 Å². The lowest BCUT2D eigenvalue weighted by Crippen LogP contribution is -2.08. The van der Waals surface area contributed by atoms with Crippen molar-refractivity contribution in [3.05, 3.63) is 48.0 Å². The Morgan fingerprint density at radius 1 is 1.17 bits per heavy atom. The Labute approximate surface area is 135 Å². The molecule has 118 valence electrons. The molecule has 0 bridgehead atoms. The number of amides is 1. The molecule has 0 aliphatic carbocycles. The van der Waals surface area contributed by atoms with Crippen molar-refractivity contribution in [3.63, 3.8) is 0 Å². The van der Waals surface area contributed by atoms with Gasteiger partial charge in [0.05, 0.1) is 0 Å². The molecule has 1 aromatic heterocycles. The van der Waals surface area contributed by atoms with E-state index in [0.29, 0.717) is 23.8 Å². The van der Waals surface area contributed by atoms with Gasteiger partial charge in [0.15, 0.2) is 5.58 Å². The third-order valence-electron chi connectivity index (χ3n) is 3.82. The van der Waals surface area contributed by atoms with Crippen LogP contribution < -0.4 is 5.32 Å². The highest BCUT2D eigenvalue weighted by molar-refractivity contribution is 5.92. The monoisotopic (exact) mass is 308 g/mol. The van der Waals surface area contributed by atoms with Gasteiger partial charge in [0, 0.05) is 17.7 Å². The Hall–Kier alpha value is -2.62. The fourth-order valence-electron chi connectivity index (χ4n) is 2.39. The standard InChI is InChI=1S/C19H20N2O2/c1-4-18(22)20-15-9-10-17-16(11-15)21-19(23-17)14-7-5-13(6-8-14)12(2)3/h5-12H,4H2,1-3H3,(H,20,22). The van der Waals surface area contributed by atoms with Gasteiger partial charge in [0.25, 0.3) is 0 Å². The van der Waals surface area contributed by atoms with Crippen LogP contribution in [-0.2, 0) is 4.79 Å². The van der Waals surface area contributed by atoms with E-state index in [0.717, 1.165) is 16.8 Å². The molecule has 0 saturated carbocycles. The summed E-state index contributed by atoms with van der Waals surface area (Å²) < 4.78 is 5.82. The van der Waals surface area contributed by atoms with E-state index in [-0.39, 0.29) is 5.91 Å². The minimum atomic E-state index is -0.0163. The third-order valence-corrected chi connectivity index (χ3v) is 3.82. The predicted octanol–water partition coefficient (Wildman–Crippen LogP) is 4.97. The number of nitrogens with zero attached hydrogens (tertiary/aromatic N) is 1. The van der Waals surface area contributed by atoms with Crippen LogP contribution in [-0.4, -0.2) is 10.9 Å². The topological polar surface area (TPSA) is 55.1 Å². The van der Waals surface area contributed by atoms with Gasteiger partial charge >= 0.3 is 0 Å². The molecule has 3 aromatic rings. The van der Waals surface area contributed by atoms with Crippen LogP contribution in [0, 0.1) is 0 Å². The van der Waals surface area contributed by atoms with E-state index in [2.05, 4.69) is 36.3 Å². The number of fused-ring (bicyclic) bond motifs is 1. The van der Waals surface area contributed by atoms with Crippen molar-refractivity contribution in [2.75, 3.05) is 5.32 Å². The quantitative estimate of drug-likeness (QED) is 0.740. The first-order valence-electron chi connectivity index (χ1n) is 7.87. The first kappa shape index (κ1) is 15.3. The average Bonchev–Trinajstić information content (AvgIpc) is 2.98. The number of rotatable bonds is 4. The summed E-state index contributed by atoms with van der Waals surface area (Å²) in [7, 11) is 0. The molecule has 2 aromatic carbocycles. The van der Waals surface area contributed by atoms with Crippen LogP contribution in [0.2, 0.25) is 0 Å². The second kappa shape index (κ2) is 6.24. The van der Waals surface area contributed by atoms with E-state index in [1.54, 1.807) is 0 Å². The van der Waals surface area contributed by atoms with Crippen molar-refractivity contribution in [2.24, 2.45) is 0 Å². The lowest BCUT2D eigenvalue weighted by molar-refractivity contribution is -0.115. The van der Waals surface area contributed by atoms with Gasteiger partial charge in [-0.3, -0.25) is 4.79 Å². The van der Waals surface area contributed by atoms with Gasteiger partial charge in [0.2, 0.25) is 11.8 Å². The molecule has 0 saturated heterocycles. The molecule has 3 rings (SSSR count). The van der Waals surface area contributed by atoms with Crippen LogP contribution >= 0.6 is 0 Å². The molecule has 23 heavy (non-hydrogen) atoms. The minimum Gasteiger partial charge on any atom is -0.436 e. The Kier molecular flexibility index (Phi) is 4.15. The Balaban J connectivity index is 1.91. The Morgan fingerprint density at radius 2 is 1.91 bits per heavy atom. The number of carbonyl (C=O) groups is 1. The second-order valence-electron chi connectivity index (χ2n) is 5.88. The number of anilines is 1. The molecule has 0 radical (unpaired) electrons. The Morgan fingerprint density at radius 3 is 2.57 bits per heavy atom. The molecule has 0 aliphatic heterocycles. The molecular weight excluding hydrogens is 288 g/mol. The normalized spacial score (nSPS) is 11.1. The lowest BCUT2D eigenvalue weighted by Gasteiger charge is -2.04. The van der Waals surface area contributed by atoms with E-state index < -0.39 is 0 Å². The van der Waals surface area contributed by atoms with Gasteiger partial charge in [-0.05, 0) is 41.8 Å². The van der Waals surface area contributed by atoms with E-state index in [1.807, 2.05) is 37.3 Å². The zero-order valence-electron chi connectivity index (χ0n) is 13.6. The van der Waals surface area contributed by atoms with Crippen molar-refractivity contribution >= 4 is 22.7 Å². The van der Waals surface area contributed by atoms with Crippen molar-refractivity contribution in [2.45, 2.75) is 33.1 Å². The zero-order valence-corrected chi connectivity index (χ0v) is 13.6. The van der Waals surface area contributed by atoms with E-state index in [1.165, 1.54) is 5.56 Å². The number of aromatic nitrogens is 1. The molecule has 1 N–H and O–H groups in total. The minimum absolute atomic E-state index is 0.0163. The van der Waals surface area contributed by atoms with Crippen LogP contribution in [0.15, 0.2) is 46.9 Å². The Bertz CT molecular complexity index is 832. The largest absolute Gasteiger partial charge is 0.436 e. The number of carbonyl (C=O) groups excluding carboxylic acids is 1. The average molecular weight is 308 g/mol. The molecule has 0 spiro atoms. The van der Waals surface area contributed by atoms with Crippen molar-refractivity contribution in [1.82, 2.24) is 4.98 Å². The molecule has 1 heterocycles. The molecule has 4 nitrogen and oxygen atoms in total. The maximum Gasteiger partial charge on any atom is 0.227 e. The van der Waals surface area contributed by atoms with Gasteiger partial charge in [-0.1, -0.05) is 32.9 Å². The number of oxazole rings is 1. The van der Waals surface area contributed by atoms with Crippen LogP contribution in [0.25, 0.3) is 22.6 Å². The molecular formula is C19H20N2O2. The predicted molar refractivity (Wildman–Crippen MR) is 92.5 cm³/mol. The third kappa shape index (κ3) is 3.26.